The SMILES string of the molecule is CC1(C)CN(Cc2nnc(-c3cccs3)o2)CCS1=O. The lowest BCUT2D eigenvalue weighted by Crippen LogP contribution is -2.49. The van der Waals surface area contributed by atoms with Gasteiger partial charge in [0.25, 0.3) is 5.89 Å². The van der Waals surface area contributed by atoms with Crippen LogP contribution in [0.4, 0.5) is 0 Å². The zero-order valence-electron chi connectivity index (χ0n) is 11.5. The van der Waals surface area contributed by atoms with Crippen LogP contribution in [-0.2, 0) is 17.3 Å². The maximum atomic E-state index is 11.9. The quantitative estimate of drug-likeness (QED) is 0.869. The zero-order chi connectivity index (χ0) is 14.2. The summed E-state index contributed by atoms with van der Waals surface area (Å²) in [6.45, 7) is 6.31. The van der Waals surface area contributed by atoms with Crippen molar-refractivity contribution in [1.29, 1.82) is 0 Å². The molecule has 0 amide bonds. The van der Waals surface area contributed by atoms with Crippen LogP contribution in [0.2, 0.25) is 0 Å². The maximum absolute atomic E-state index is 11.9. The van der Waals surface area contributed by atoms with E-state index in [4.69, 9.17) is 4.42 Å². The van der Waals surface area contributed by atoms with Gasteiger partial charge in [0, 0.05) is 29.6 Å². The Labute approximate surface area is 124 Å². The number of hydrogen-bond acceptors (Lipinski definition) is 6. The van der Waals surface area contributed by atoms with Crippen molar-refractivity contribution in [3.63, 3.8) is 0 Å². The van der Waals surface area contributed by atoms with Gasteiger partial charge >= 0.3 is 0 Å². The molecule has 0 saturated carbocycles. The summed E-state index contributed by atoms with van der Waals surface area (Å²) in [7, 11) is -0.755. The molecule has 1 aliphatic rings. The van der Waals surface area contributed by atoms with Crippen LogP contribution in [0.15, 0.2) is 21.9 Å². The van der Waals surface area contributed by atoms with Gasteiger partial charge in [-0.3, -0.25) is 9.11 Å². The lowest BCUT2D eigenvalue weighted by Gasteiger charge is -2.36. The molecule has 7 heteroatoms. The molecule has 3 heterocycles. The fourth-order valence-electron chi connectivity index (χ4n) is 2.32. The smallest absolute Gasteiger partial charge is 0.257 e. The lowest BCUT2D eigenvalue weighted by atomic mass is 10.2. The highest BCUT2D eigenvalue weighted by atomic mass is 32.2. The van der Waals surface area contributed by atoms with Crippen molar-refractivity contribution < 1.29 is 8.63 Å². The Morgan fingerprint density at radius 1 is 1.50 bits per heavy atom. The second kappa shape index (κ2) is 5.38. The van der Waals surface area contributed by atoms with E-state index in [0.717, 1.165) is 18.0 Å². The van der Waals surface area contributed by atoms with Crippen molar-refractivity contribution in [2.45, 2.75) is 25.1 Å². The van der Waals surface area contributed by atoms with Gasteiger partial charge in [-0.15, -0.1) is 21.5 Å². The number of thiophene rings is 1. The highest BCUT2D eigenvalue weighted by molar-refractivity contribution is 7.86. The fourth-order valence-corrected chi connectivity index (χ4v) is 4.27. The van der Waals surface area contributed by atoms with Crippen molar-refractivity contribution in [1.82, 2.24) is 15.1 Å². The molecule has 2 aromatic rings. The molecule has 1 saturated heterocycles. The lowest BCUT2D eigenvalue weighted by molar-refractivity contribution is 0.225. The van der Waals surface area contributed by atoms with E-state index in [-0.39, 0.29) is 4.75 Å². The molecule has 0 N–H and O–H groups in total. The Kier molecular flexibility index (Phi) is 3.74. The Morgan fingerprint density at radius 3 is 3.05 bits per heavy atom. The zero-order valence-corrected chi connectivity index (χ0v) is 13.2. The van der Waals surface area contributed by atoms with Crippen molar-refractivity contribution in [3.8, 4) is 10.8 Å². The van der Waals surface area contributed by atoms with Crippen molar-refractivity contribution in [3.05, 3.63) is 23.4 Å². The van der Waals surface area contributed by atoms with E-state index < -0.39 is 10.8 Å². The molecule has 0 spiro atoms. The molecule has 108 valence electrons. The summed E-state index contributed by atoms with van der Waals surface area (Å²) in [6, 6.07) is 3.93. The molecule has 1 aliphatic heterocycles. The number of nitrogens with zero attached hydrogens (tertiary/aromatic N) is 3. The second-order valence-corrected chi connectivity index (χ2v) is 8.65. The third kappa shape index (κ3) is 2.84. The van der Waals surface area contributed by atoms with Gasteiger partial charge < -0.3 is 4.42 Å². The highest BCUT2D eigenvalue weighted by Crippen LogP contribution is 2.25. The number of rotatable bonds is 3. The Morgan fingerprint density at radius 2 is 2.35 bits per heavy atom. The molecule has 1 atom stereocenters. The van der Waals surface area contributed by atoms with Crippen LogP contribution in [0, 0.1) is 0 Å². The van der Waals surface area contributed by atoms with Crippen LogP contribution in [0.1, 0.15) is 19.7 Å². The standard InChI is InChI=1S/C13H17N3O2S2/c1-13(2)9-16(5-7-20(13)17)8-11-14-15-12(18-11)10-4-3-6-19-10/h3-4,6H,5,7-9H2,1-2H3. The predicted molar refractivity (Wildman–Crippen MR) is 80.0 cm³/mol. The minimum Gasteiger partial charge on any atom is -0.419 e. The first-order chi connectivity index (χ1) is 9.54. The second-order valence-electron chi connectivity index (χ2n) is 5.50. The van der Waals surface area contributed by atoms with Gasteiger partial charge in [0.05, 0.1) is 16.2 Å². The van der Waals surface area contributed by atoms with Crippen LogP contribution in [0.3, 0.4) is 0 Å². The maximum Gasteiger partial charge on any atom is 0.257 e. The monoisotopic (exact) mass is 311 g/mol. The predicted octanol–water partition coefficient (Wildman–Crippen LogP) is 2.14. The summed E-state index contributed by atoms with van der Waals surface area (Å²) < 4.78 is 17.4. The normalized spacial score (nSPS) is 23.0. The van der Waals surface area contributed by atoms with E-state index in [9.17, 15) is 4.21 Å². The molecular weight excluding hydrogens is 294 g/mol. The largest absolute Gasteiger partial charge is 0.419 e. The molecule has 0 bridgehead atoms. The average molecular weight is 311 g/mol. The third-order valence-electron chi connectivity index (χ3n) is 3.37. The van der Waals surface area contributed by atoms with Gasteiger partial charge in [0.1, 0.15) is 0 Å². The van der Waals surface area contributed by atoms with E-state index in [1.807, 2.05) is 31.4 Å². The molecule has 20 heavy (non-hydrogen) atoms. The van der Waals surface area contributed by atoms with E-state index in [1.165, 1.54) is 0 Å². The summed E-state index contributed by atoms with van der Waals surface area (Å²) in [5, 5.41) is 10.2. The van der Waals surface area contributed by atoms with Crippen LogP contribution < -0.4 is 0 Å². The van der Waals surface area contributed by atoms with Gasteiger partial charge in [0.2, 0.25) is 5.89 Å². The molecule has 3 rings (SSSR count). The van der Waals surface area contributed by atoms with Crippen molar-refractivity contribution in [2.24, 2.45) is 0 Å². The van der Waals surface area contributed by atoms with Crippen LogP contribution >= 0.6 is 11.3 Å². The highest BCUT2D eigenvalue weighted by Gasteiger charge is 2.33. The third-order valence-corrected chi connectivity index (χ3v) is 6.14. The first-order valence-corrected chi connectivity index (χ1v) is 8.71. The topological polar surface area (TPSA) is 59.2 Å². The first-order valence-electron chi connectivity index (χ1n) is 6.52. The summed E-state index contributed by atoms with van der Waals surface area (Å²) in [4.78, 5) is 3.22. The average Bonchev–Trinajstić information content (AvgIpc) is 3.03. The van der Waals surface area contributed by atoms with Gasteiger partial charge in [-0.25, -0.2) is 0 Å². The minimum absolute atomic E-state index is 0.172. The summed E-state index contributed by atoms with van der Waals surface area (Å²) >= 11 is 1.59. The number of aromatic nitrogens is 2. The first kappa shape index (κ1) is 13.9. The fraction of sp³-hybridized carbons (Fsp3) is 0.538. The molecule has 5 nitrogen and oxygen atoms in total. The van der Waals surface area contributed by atoms with Crippen molar-refractivity contribution in [2.75, 3.05) is 18.8 Å². The van der Waals surface area contributed by atoms with Gasteiger partial charge in [0.15, 0.2) is 0 Å². The molecule has 2 aromatic heterocycles. The van der Waals surface area contributed by atoms with Crippen molar-refractivity contribution >= 4 is 22.1 Å². The van der Waals surface area contributed by atoms with E-state index in [2.05, 4.69) is 15.1 Å². The van der Waals surface area contributed by atoms with Crippen LogP contribution in [-0.4, -0.2) is 42.9 Å². The summed E-state index contributed by atoms with van der Waals surface area (Å²) in [6.07, 6.45) is 0. The van der Waals surface area contributed by atoms with E-state index in [0.29, 0.717) is 24.1 Å². The molecule has 0 aliphatic carbocycles. The Hall–Kier alpha value is -1.05. The summed E-state index contributed by atoms with van der Waals surface area (Å²) in [5.41, 5.74) is 0. The molecule has 0 aromatic carbocycles. The Balaban J connectivity index is 1.68. The van der Waals surface area contributed by atoms with Crippen LogP contribution in [0.5, 0.6) is 0 Å². The van der Waals surface area contributed by atoms with Gasteiger partial charge in [-0.2, -0.15) is 0 Å². The van der Waals surface area contributed by atoms with Gasteiger partial charge in [-0.05, 0) is 25.3 Å². The number of hydrogen-bond donors (Lipinski definition) is 0. The molecule has 1 fully saturated rings. The summed E-state index contributed by atoms with van der Waals surface area (Å²) in [5.74, 6) is 1.91. The van der Waals surface area contributed by atoms with E-state index in [1.54, 1.807) is 11.3 Å². The molecular formula is C13H17N3O2S2. The van der Waals surface area contributed by atoms with Crippen LogP contribution in [0.25, 0.3) is 10.8 Å². The molecule has 0 radical (unpaired) electrons. The molecule has 1 unspecified atom stereocenters. The van der Waals surface area contributed by atoms with Gasteiger partial charge in [-0.1, -0.05) is 6.07 Å². The minimum atomic E-state index is -0.755. The van der Waals surface area contributed by atoms with E-state index >= 15 is 0 Å². The Bertz CT molecular complexity index is 607.